The molecule has 0 aromatic rings. The minimum absolute atomic E-state index is 0.827. The molecule has 0 saturated carbocycles. The first-order chi connectivity index (χ1) is 2.91. The Balaban J connectivity index is 2.34. The first kappa shape index (κ1) is 6.48. The maximum atomic E-state index is 5.38. The molecule has 0 aromatic heterocycles. The third kappa shape index (κ3) is 4.48. The minimum atomic E-state index is 0.827. The van der Waals surface area contributed by atoms with Crippen molar-refractivity contribution in [1.29, 1.82) is 0 Å². The third-order valence-corrected chi connectivity index (χ3v) is 1.00. The van der Waals surface area contributed by atoms with E-state index < -0.39 is 0 Å². The second-order valence-electron chi connectivity index (χ2n) is 1.40. The molecule has 0 aliphatic heterocycles. The van der Waals surface area contributed by atoms with Crippen molar-refractivity contribution < 1.29 is 0 Å². The van der Waals surface area contributed by atoms with E-state index in [4.69, 9.17) is 11.6 Å². The lowest BCUT2D eigenvalue weighted by molar-refractivity contribution is 1.48. The van der Waals surface area contributed by atoms with Gasteiger partial charge in [-0.3, -0.25) is 0 Å². The van der Waals surface area contributed by atoms with Gasteiger partial charge in [0.25, 0.3) is 0 Å². The van der Waals surface area contributed by atoms with Crippen LogP contribution in [0.2, 0.25) is 6.32 Å². The molecule has 0 nitrogen and oxygen atoms in total. The molecule has 6 heavy (non-hydrogen) atoms. The Morgan fingerprint density at radius 2 is 2.33 bits per heavy atom. The highest BCUT2D eigenvalue weighted by molar-refractivity contribution is 7.23. The molecule has 0 radical (unpaired) electrons. The molecule has 0 spiro atoms. The van der Waals surface area contributed by atoms with Crippen molar-refractivity contribution in [2.75, 3.05) is 5.88 Å². The van der Waals surface area contributed by atoms with Gasteiger partial charge in [-0.05, 0) is 0 Å². The van der Waals surface area contributed by atoms with Crippen LogP contribution in [-0.4, -0.2) is 27.8 Å². The predicted octanol–water partition coefficient (Wildman–Crippen LogP) is -1.02. The Labute approximate surface area is 46.5 Å². The molecular weight excluding hydrogens is 91.9 g/mol. The summed E-state index contributed by atoms with van der Waals surface area (Å²) in [6, 6.07) is 0. The van der Waals surface area contributed by atoms with Crippen LogP contribution in [0.5, 0.6) is 0 Å². The number of hydrogen-bond donors (Lipinski definition) is 0. The average molecular weight is 100.0 g/mol. The summed E-state index contributed by atoms with van der Waals surface area (Å²) in [5.41, 5.74) is 0. The summed E-state index contributed by atoms with van der Waals surface area (Å²) >= 11 is 5.38. The highest BCUT2D eigenvalue weighted by Gasteiger charge is 1.82. The fourth-order valence-electron chi connectivity index (χ4n) is 0.344. The van der Waals surface area contributed by atoms with Gasteiger partial charge in [0.05, 0.1) is 22.0 Å². The van der Waals surface area contributed by atoms with Crippen LogP contribution in [0.3, 0.4) is 0 Å². The normalized spacial score (nSPS) is 7.50. The van der Waals surface area contributed by atoms with Crippen LogP contribution in [0, 0.1) is 0 Å². The highest BCUT2D eigenvalue weighted by Crippen LogP contribution is 1.79. The Bertz CT molecular complexity index is 20.8. The van der Waals surface area contributed by atoms with Gasteiger partial charge < -0.3 is 0 Å². The van der Waals surface area contributed by atoms with Crippen LogP contribution >= 0.6 is 11.6 Å². The molecule has 0 unspecified atom stereocenters. The summed E-state index contributed by atoms with van der Waals surface area (Å²) in [7, 11) is 4.72. The summed E-state index contributed by atoms with van der Waals surface area (Å²) in [6.07, 6.45) is 1.18. The molecule has 0 aliphatic rings. The van der Waals surface area contributed by atoms with Crippen molar-refractivity contribution in [3.05, 3.63) is 0 Å². The minimum Gasteiger partial charge on any atom is -0.128 e. The van der Waals surface area contributed by atoms with Crippen molar-refractivity contribution in [3.8, 4) is 0 Å². The fraction of sp³-hybridized carbons (Fsp3) is 1.00. The van der Waals surface area contributed by atoms with E-state index >= 15 is 0 Å². The Morgan fingerprint density at radius 1 is 1.67 bits per heavy atom. The summed E-state index contributed by atoms with van der Waals surface area (Å²) < 4.78 is 0. The molecule has 0 bridgehead atoms. The zero-order valence-corrected chi connectivity index (χ0v) is 4.96. The van der Waals surface area contributed by atoms with E-state index in [9.17, 15) is 0 Å². The first-order valence-corrected chi connectivity index (χ1v) is 3.01. The first-order valence-electron chi connectivity index (χ1n) is 2.47. The van der Waals surface area contributed by atoms with Crippen molar-refractivity contribution in [3.63, 3.8) is 0 Å². The highest BCUT2D eigenvalue weighted by atomic mass is 35.5. The van der Waals surface area contributed by atoms with Gasteiger partial charge in [0.2, 0.25) is 0 Å². The monoisotopic (exact) mass is 100 g/mol. The molecule has 0 heterocycles. The van der Waals surface area contributed by atoms with Crippen molar-refractivity contribution in [2.45, 2.75) is 6.32 Å². The van der Waals surface area contributed by atoms with E-state index in [1.807, 2.05) is 0 Å². The van der Waals surface area contributed by atoms with E-state index in [1.165, 1.54) is 20.6 Å². The summed E-state index contributed by atoms with van der Waals surface area (Å²) in [6.45, 7) is 0. The van der Waals surface area contributed by atoms with Gasteiger partial charge in [0.1, 0.15) is 0 Å². The van der Waals surface area contributed by atoms with Gasteiger partial charge in [-0.2, -0.15) is 0 Å². The van der Waals surface area contributed by atoms with E-state index in [-0.39, 0.29) is 0 Å². The van der Waals surface area contributed by atoms with Gasteiger partial charge in [0.15, 0.2) is 0 Å². The topological polar surface area (TPSA) is 0 Å². The molecular formula is C2H8B3Cl. The maximum Gasteiger partial charge on any atom is 0.0795 e. The van der Waals surface area contributed by atoms with Gasteiger partial charge in [-0.15, -0.1) is 11.6 Å². The zero-order valence-electron chi connectivity index (χ0n) is 4.21. The van der Waals surface area contributed by atoms with Crippen molar-refractivity contribution >= 4 is 33.6 Å². The van der Waals surface area contributed by atoms with Crippen molar-refractivity contribution in [2.24, 2.45) is 0 Å². The second kappa shape index (κ2) is 5.48. The number of alkyl halides is 1. The van der Waals surface area contributed by atoms with E-state index in [0.29, 0.717) is 0 Å². The lowest BCUT2D eigenvalue weighted by Gasteiger charge is -1.80. The van der Waals surface area contributed by atoms with Crippen LogP contribution in [0.15, 0.2) is 0 Å². The second-order valence-corrected chi connectivity index (χ2v) is 1.77. The van der Waals surface area contributed by atoms with Gasteiger partial charge >= 0.3 is 0 Å². The molecule has 0 aromatic carbocycles. The molecule has 0 amide bonds. The molecule has 0 saturated heterocycles. The summed E-state index contributed by atoms with van der Waals surface area (Å²) in [4.78, 5) is 0. The summed E-state index contributed by atoms with van der Waals surface area (Å²) in [5, 5.41) is 0. The van der Waals surface area contributed by atoms with E-state index in [2.05, 4.69) is 7.74 Å². The zero-order chi connectivity index (χ0) is 4.83. The van der Waals surface area contributed by atoms with Crippen LogP contribution in [0.1, 0.15) is 0 Å². The third-order valence-electron chi connectivity index (χ3n) is 0.737. The van der Waals surface area contributed by atoms with E-state index in [0.717, 1.165) is 5.88 Å². The van der Waals surface area contributed by atoms with Crippen molar-refractivity contribution in [1.82, 2.24) is 0 Å². The van der Waals surface area contributed by atoms with Crippen LogP contribution in [0.4, 0.5) is 0 Å². The number of hydrogen-bond acceptors (Lipinski definition) is 0. The molecule has 0 N–H and O–H groups in total. The summed E-state index contributed by atoms with van der Waals surface area (Å²) in [5.74, 6) is 0.827. The van der Waals surface area contributed by atoms with Crippen LogP contribution in [0.25, 0.3) is 0 Å². The molecule has 0 aliphatic carbocycles. The number of rotatable bonds is 3. The van der Waals surface area contributed by atoms with Crippen LogP contribution < -0.4 is 0 Å². The molecule has 32 valence electrons. The fourth-order valence-corrected chi connectivity index (χ4v) is 0.533. The molecule has 0 atom stereocenters. The molecule has 0 rings (SSSR count). The lowest BCUT2D eigenvalue weighted by Crippen LogP contribution is -2.01. The van der Waals surface area contributed by atoms with Crippen LogP contribution in [-0.2, 0) is 0 Å². The Kier molecular flexibility index (Phi) is 5.93. The maximum absolute atomic E-state index is 5.38. The standard InChI is InChI=1S/C2H8B3Cl/c3-5-4-1-2-6/h4-5H,1-3H2. The predicted molar refractivity (Wildman–Crippen MR) is 38.4 cm³/mol. The number of halogens is 1. The molecule has 4 heteroatoms. The van der Waals surface area contributed by atoms with Gasteiger partial charge in [-0.1, -0.05) is 6.32 Å². The quantitative estimate of drug-likeness (QED) is 0.242. The smallest absolute Gasteiger partial charge is 0.0795 e. The molecule has 0 fully saturated rings. The average Bonchev–Trinajstić information content (AvgIpc) is 1.61. The van der Waals surface area contributed by atoms with Gasteiger partial charge in [-0.25, -0.2) is 0 Å². The van der Waals surface area contributed by atoms with Gasteiger partial charge in [0, 0.05) is 5.88 Å². The SMILES string of the molecule is BBBCCCl. The van der Waals surface area contributed by atoms with E-state index in [1.54, 1.807) is 0 Å². The Morgan fingerprint density at radius 3 is 2.50 bits per heavy atom. The largest absolute Gasteiger partial charge is 0.128 e. The Hall–Kier alpha value is 0.485. The lowest BCUT2D eigenvalue weighted by atomic mass is 9.27.